The number of anilines is 1. The molecule has 27 heavy (non-hydrogen) atoms. The van der Waals surface area contributed by atoms with Gasteiger partial charge in [0.15, 0.2) is 0 Å². The molecule has 1 atom stereocenters. The van der Waals surface area contributed by atoms with Crippen LogP contribution < -0.4 is 5.73 Å². The Kier molecular flexibility index (Phi) is 3.88. The van der Waals surface area contributed by atoms with Gasteiger partial charge in [-0.1, -0.05) is 17.7 Å². The third kappa shape index (κ3) is 2.70. The SMILES string of the molecule is Cn1nc(CN2CCCC3(CCc4cnc(N)nc43)C2)c2c(Cl)cccc21. The first kappa shape index (κ1) is 17.0. The molecule has 6 nitrogen and oxygen atoms in total. The molecule has 1 spiro atoms. The number of aryl methyl sites for hydroxylation is 2. The Morgan fingerprint density at radius 2 is 2.19 bits per heavy atom. The zero-order valence-electron chi connectivity index (χ0n) is 15.5. The lowest BCUT2D eigenvalue weighted by Crippen LogP contribution is -2.45. The van der Waals surface area contributed by atoms with E-state index in [9.17, 15) is 0 Å². The fourth-order valence-electron chi connectivity index (χ4n) is 4.99. The van der Waals surface area contributed by atoms with Gasteiger partial charge in [-0.25, -0.2) is 9.97 Å². The van der Waals surface area contributed by atoms with E-state index in [4.69, 9.17) is 22.4 Å². The summed E-state index contributed by atoms with van der Waals surface area (Å²) < 4.78 is 1.93. The smallest absolute Gasteiger partial charge is 0.220 e. The summed E-state index contributed by atoms with van der Waals surface area (Å²) in [6.07, 6.45) is 6.40. The molecule has 1 saturated heterocycles. The number of benzene rings is 1. The van der Waals surface area contributed by atoms with Crippen LogP contribution in [0.4, 0.5) is 5.95 Å². The number of nitrogens with two attached hydrogens (primary N) is 1. The number of aromatic nitrogens is 4. The summed E-state index contributed by atoms with van der Waals surface area (Å²) in [6.45, 7) is 2.86. The zero-order valence-corrected chi connectivity index (χ0v) is 16.2. The van der Waals surface area contributed by atoms with Crippen molar-refractivity contribution in [3.63, 3.8) is 0 Å². The molecule has 0 amide bonds. The van der Waals surface area contributed by atoms with Gasteiger partial charge in [-0.05, 0) is 49.9 Å². The molecule has 5 rings (SSSR count). The van der Waals surface area contributed by atoms with Crippen molar-refractivity contribution in [3.05, 3.63) is 46.4 Å². The van der Waals surface area contributed by atoms with Gasteiger partial charge in [0.2, 0.25) is 5.95 Å². The second-order valence-corrected chi connectivity index (χ2v) is 8.31. The van der Waals surface area contributed by atoms with E-state index < -0.39 is 0 Å². The maximum absolute atomic E-state index is 6.50. The van der Waals surface area contributed by atoms with Gasteiger partial charge in [-0.2, -0.15) is 5.10 Å². The van der Waals surface area contributed by atoms with Crippen molar-refractivity contribution in [2.75, 3.05) is 18.8 Å². The van der Waals surface area contributed by atoms with E-state index in [0.29, 0.717) is 5.95 Å². The first-order chi connectivity index (χ1) is 13.1. The molecule has 0 saturated carbocycles. The lowest BCUT2D eigenvalue weighted by Gasteiger charge is -2.40. The highest BCUT2D eigenvalue weighted by Crippen LogP contribution is 2.44. The van der Waals surface area contributed by atoms with E-state index in [1.807, 2.05) is 30.1 Å². The fraction of sp³-hybridized carbons (Fsp3) is 0.450. The summed E-state index contributed by atoms with van der Waals surface area (Å²) in [6, 6.07) is 5.99. The molecular weight excluding hydrogens is 360 g/mol. The minimum Gasteiger partial charge on any atom is -0.368 e. The molecule has 1 fully saturated rings. The molecule has 2 N–H and O–H groups in total. The monoisotopic (exact) mass is 382 g/mol. The molecule has 1 unspecified atom stereocenters. The van der Waals surface area contributed by atoms with Crippen molar-refractivity contribution >= 4 is 28.5 Å². The number of nitrogens with zero attached hydrogens (tertiary/aromatic N) is 5. The molecule has 1 aliphatic heterocycles. The first-order valence-corrected chi connectivity index (χ1v) is 9.88. The van der Waals surface area contributed by atoms with Crippen molar-refractivity contribution in [1.82, 2.24) is 24.6 Å². The predicted octanol–water partition coefficient (Wildman–Crippen LogP) is 3.08. The van der Waals surface area contributed by atoms with Crippen LogP contribution in [0, 0.1) is 0 Å². The standard InChI is InChI=1S/C20H23ClN6/c1-26-16-5-2-4-14(21)17(16)15(25-26)11-27-9-3-7-20(12-27)8-6-13-10-23-19(22)24-18(13)20/h2,4-5,10H,3,6-9,11-12H2,1H3,(H2,22,23,24). The van der Waals surface area contributed by atoms with Crippen LogP contribution in [0.2, 0.25) is 5.02 Å². The van der Waals surface area contributed by atoms with Gasteiger partial charge < -0.3 is 5.73 Å². The summed E-state index contributed by atoms with van der Waals surface area (Å²) in [4.78, 5) is 11.3. The Balaban J connectivity index is 1.47. The molecule has 7 heteroatoms. The molecule has 1 aliphatic carbocycles. The number of rotatable bonds is 2. The maximum Gasteiger partial charge on any atom is 0.220 e. The molecule has 0 bridgehead atoms. The highest BCUT2D eigenvalue weighted by atomic mass is 35.5. The van der Waals surface area contributed by atoms with Gasteiger partial charge in [0.25, 0.3) is 0 Å². The molecule has 3 aromatic rings. The molecule has 0 radical (unpaired) electrons. The number of fused-ring (bicyclic) bond motifs is 3. The number of hydrogen-bond acceptors (Lipinski definition) is 5. The average molecular weight is 383 g/mol. The van der Waals surface area contributed by atoms with E-state index in [-0.39, 0.29) is 5.41 Å². The van der Waals surface area contributed by atoms with Crippen LogP contribution in [0.15, 0.2) is 24.4 Å². The van der Waals surface area contributed by atoms with Gasteiger partial charge >= 0.3 is 0 Å². The minimum absolute atomic E-state index is 0.0963. The van der Waals surface area contributed by atoms with Crippen LogP contribution >= 0.6 is 11.6 Å². The zero-order chi connectivity index (χ0) is 18.6. The first-order valence-electron chi connectivity index (χ1n) is 9.50. The van der Waals surface area contributed by atoms with Crippen molar-refractivity contribution in [2.24, 2.45) is 7.05 Å². The Morgan fingerprint density at radius 1 is 1.30 bits per heavy atom. The maximum atomic E-state index is 6.50. The highest BCUT2D eigenvalue weighted by molar-refractivity contribution is 6.35. The molecular formula is C20H23ClN6. The number of halogens is 1. The summed E-state index contributed by atoms with van der Waals surface area (Å²) in [5.41, 5.74) is 10.6. The molecule has 3 heterocycles. The van der Waals surface area contributed by atoms with E-state index >= 15 is 0 Å². The van der Waals surface area contributed by atoms with Crippen LogP contribution in [0.5, 0.6) is 0 Å². The number of likely N-dealkylation sites (tertiary alicyclic amines) is 1. The third-order valence-electron chi connectivity index (χ3n) is 6.19. The summed E-state index contributed by atoms with van der Waals surface area (Å²) in [5, 5.41) is 6.60. The second-order valence-electron chi connectivity index (χ2n) is 7.90. The molecule has 2 aliphatic rings. The normalized spacial score (nSPS) is 22.6. The molecule has 140 valence electrons. The Morgan fingerprint density at radius 3 is 3.07 bits per heavy atom. The van der Waals surface area contributed by atoms with E-state index in [2.05, 4.69) is 20.9 Å². The van der Waals surface area contributed by atoms with Crippen LogP contribution in [0.3, 0.4) is 0 Å². The van der Waals surface area contributed by atoms with Gasteiger partial charge in [0.05, 0.1) is 21.9 Å². The van der Waals surface area contributed by atoms with Gasteiger partial charge in [-0.15, -0.1) is 0 Å². The minimum atomic E-state index is 0.0963. The number of hydrogen-bond donors (Lipinski definition) is 1. The van der Waals surface area contributed by atoms with E-state index in [0.717, 1.165) is 66.9 Å². The Bertz CT molecular complexity index is 1020. The van der Waals surface area contributed by atoms with Crippen LogP contribution in [-0.4, -0.2) is 37.7 Å². The Hall–Kier alpha value is -2.18. The average Bonchev–Trinajstić information content (AvgIpc) is 3.15. The summed E-state index contributed by atoms with van der Waals surface area (Å²) in [7, 11) is 1.98. The molecule has 1 aromatic carbocycles. The summed E-state index contributed by atoms with van der Waals surface area (Å²) in [5.74, 6) is 0.384. The van der Waals surface area contributed by atoms with E-state index in [1.54, 1.807) is 0 Å². The number of nitrogen functional groups attached to an aromatic ring is 1. The van der Waals surface area contributed by atoms with E-state index in [1.165, 1.54) is 11.3 Å². The summed E-state index contributed by atoms with van der Waals surface area (Å²) >= 11 is 6.50. The van der Waals surface area contributed by atoms with Crippen LogP contribution in [-0.2, 0) is 25.4 Å². The predicted molar refractivity (Wildman–Crippen MR) is 107 cm³/mol. The van der Waals surface area contributed by atoms with Crippen LogP contribution in [0.25, 0.3) is 10.9 Å². The topological polar surface area (TPSA) is 72.9 Å². The molecule has 2 aromatic heterocycles. The van der Waals surface area contributed by atoms with Gasteiger partial charge in [0, 0.05) is 37.1 Å². The van der Waals surface area contributed by atoms with Gasteiger partial charge in [0.1, 0.15) is 0 Å². The van der Waals surface area contributed by atoms with Crippen LogP contribution in [0.1, 0.15) is 36.2 Å². The highest BCUT2D eigenvalue weighted by Gasteiger charge is 2.43. The lowest BCUT2D eigenvalue weighted by atomic mass is 9.77. The lowest BCUT2D eigenvalue weighted by molar-refractivity contribution is 0.135. The second kappa shape index (κ2) is 6.17. The Labute approximate surface area is 163 Å². The quantitative estimate of drug-likeness (QED) is 0.737. The van der Waals surface area contributed by atoms with Gasteiger partial charge in [-0.3, -0.25) is 9.58 Å². The fourth-order valence-corrected chi connectivity index (χ4v) is 5.27. The van der Waals surface area contributed by atoms with Crippen molar-refractivity contribution < 1.29 is 0 Å². The van der Waals surface area contributed by atoms with Crippen molar-refractivity contribution in [3.8, 4) is 0 Å². The van der Waals surface area contributed by atoms with Crippen molar-refractivity contribution in [2.45, 2.75) is 37.6 Å². The third-order valence-corrected chi connectivity index (χ3v) is 6.50. The van der Waals surface area contributed by atoms with Crippen molar-refractivity contribution in [1.29, 1.82) is 0 Å². The number of piperidine rings is 1. The largest absolute Gasteiger partial charge is 0.368 e.